The lowest BCUT2D eigenvalue weighted by molar-refractivity contribution is -0.123. The number of esters is 1. The molecule has 0 bridgehead atoms. The molecule has 1 heterocycles. The quantitative estimate of drug-likeness (QED) is 0.735. The predicted octanol–water partition coefficient (Wildman–Crippen LogP) is 3.43. The summed E-state index contributed by atoms with van der Waals surface area (Å²) in [5.74, 6) is -1.40. The summed E-state index contributed by atoms with van der Waals surface area (Å²) in [5, 5.41) is 5.67. The molecule has 0 radical (unpaired) electrons. The Kier molecular flexibility index (Phi) is 5.61. The molecular formula is C18H19BrN2O5. The van der Waals surface area contributed by atoms with E-state index in [9.17, 15) is 14.4 Å². The molecule has 1 aromatic heterocycles. The summed E-state index contributed by atoms with van der Waals surface area (Å²) < 4.78 is 11.3. The molecule has 2 aromatic rings. The van der Waals surface area contributed by atoms with E-state index in [0.717, 1.165) is 35.5 Å². The van der Waals surface area contributed by atoms with Gasteiger partial charge in [-0.25, -0.2) is 9.59 Å². The Morgan fingerprint density at radius 1 is 1.27 bits per heavy atom. The molecule has 138 valence electrons. The van der Waals surface area contributed by atoms with E-state index in [2.05, 4.69) is 26.6 Å². The number of urea groups is 1. The first-order valence-corrected chi connectivity index (χ1v) is 9.19. The molecule has 0 atom stereocenters. The van der Waals surface area contributed by atoms with Crippen molar-refractivity contribution in [2.24, 2.45) is 0 Å². The number of rotatable bonds is 4. The summed E-state index contributed by atoms with van der Waals surface area (Å²) >= 11 is 3.37. The number of furan rings is 1. The van der Waals surface area contributed by atoms with Crippen molar-refractivity contribution >= 4 is 44.8 Å². The molecule has 1 saturated carbocycles. The molecule has 7 nitrogen and oxygen atoms in total. The van der Waals surface area contributed by atoms with Crippen LogP contribution in [0.25, 0.3) is 11.0 Å². The van der Waals surface area contributed by atoms with Crippen LogP contribution in [0.15, 0.2) is 27.1 Å². The normalized spacial score (nSPS) is 14.4. The SMILES string of the molecule is Cc1c(C(=O)OCC(=O)NC(=O)NC2CCCC2)oc2ccc(Br)cc12. The number of imide groups is 1. The molecule has 1 aliphatic carbocycles. The third-order valence-corrected chi connectivity index (χ3v) is 4.85. The van der Waals surface area contributed by atoms with Gasteiger partial charge in [0, 0.05) is 21.5 Å². The van der Waals surface area contributed by atoms with Crippen molar-refractivity contribution in [3.63, 3.8) is 0 Å². The van der Waals surface area contributed by atoms with Crippen LogP contribution >= 0.6 is 15.9 Å². The second-order valence-corrected chi connectivity index (χ2v) is 7.19. The Labute approximate surface area is 158 Å². The molecule has 26 heavy (non-hydrogen) atoms. The maximum atomic E-state index is 12.2. The van der Waals surface area contributed by atoms with Crippen molar-refractivity contribution in [3.8, 4) is 0 Å². The van der Waals surface area contributed by atoms with Gasteiger partial charge >= 0.3 is 12.0 Å². The minimum absolute atomic E-state index is 0.0429. The highest BCUT2D eigenvalue weighted by Gasteiger charge is 2.22. The first-order valence-electron chi connectivity index (χ1n) is 8.40. The van der Waals surface area contributed by atoms with Gasteiger partial charge in [0.05, 0.1) is 0 Å². The van der Waals surface area contributed by atoms with E-state index in [1.54, 1.807) is 19.1 Å². The molecular weight excluding hydrogens is 404 g/mol. The maximum Gasteiger partial charge on any atom is 0.375 e. The van der Waals surface area contributed by atoms with E-state index in [1.807, 2.05) is 6.07 Å². The number of halogens is 1. The van der Waals surface area contributed by atoms with Crippen LogP contribution in [0, 0.1) is 6.92 Å². The van der Waals surface area contributed by atoms with Crippen LogP contribution in [0.4, 0.5) is 4.79 Å². The Bertz CT molecular complexity index is 855. The standard InChI is InChI=1S/C18H19BrN2O5/c1-10-13-8-11(19)6-7-14(13)26-16(10)17(23)25-9-15(22)21-18(24)20-12-4-2-3-5-12/h6-8,12H,2-5,9H2,1H3,(H2,20,21,22,24). The van der Waals surface area contributed by atoms with Gasteiger partial charge in [0.15, 0.2) is 6.61 Å². The van der Waals surface area contributed by atoms with Crippen LogP contribution in [0.2, 0.25) is 0 Å². The van der Waals surface area contributed by atoms with Crippen molar-refractivity contribution in [3.05, 3.63) is 34.0 Å². The molecule has 0 unspecified atom stereocenters. The highest BCUT2D eigenvalue weighted by atomic mass is 79.9. The van der Waals surface area contributed by atoms with Crippen LogP contribution in [0.5, 0.6) is 0 Å². The molecule has 0 saturated heterocycles. The number of aryl methyl sites for hydroxylation is 1. The van der Waals surface area contributed by atoms with Gasteiger partial charge in [0.25, 0.3) is 5.91 Å². The minimum Gasteiger partial charge on any atom is -0.450 e. The van der Waals surface area contributed by atoms with Gasteiger partial charge in [-0.3, -0.25) is 10.1 Å². The second-order valence-electron chi connectivity index (χ2n) is 6.28. The van der Waals surface area contributed by atoms with Gasteiger partial charge in [-0.2, -0.15) is 0 Å². The summed E-state index contributed by atoms with van der Waals surface area (Å²) in [5.41, 5.74) is 1.18. The molecule has 3 rings (SSSR count). The van der Waals surface area contributed by atoms with Gasteiger partial charge in [-0.15, -0.1) is 0 Å². The zero-order valence-corrected chi connectivity index (χ0v) is 15.9. The van der Waals surface area contributed by atoms with Crippen molar-refractivity contribution in [2.45, 2.75) is 38.6 Å². The van der Waals surface area contributed by atoms with Crippen LogP contribution in [-0.2, 0) is 9.53 Å². The van der Waals surface area contributed by atoms with Crippen LogP contribution in [0.1, 0.15) is 41.8 Å². The summed E-state index contributed by atoms with van der Waals surface area (Å²) in [4.78, 5) is 35.7. The molecule has 1 aliphatic rings. The van der Waals surface area contributed by atoms with Gasteiger partial charge in [-0.05, 0) is 38.0 Å². The molecule has 8 heteroatoms. The lowest BCUT2D eigenvalue weighted by Crippen LogP contribution is -2.45. The summed E-state index contributed by atoms with van der Waals surface area (Å²) in [6.45, 7) is 1.18. The Balaban J connectivity index is 1.54. The number of carbonyl (C=O) groups is 3. The number of hydrogen-bond acceptors (Lipinski definition) is 5. The lowest BCUT2D eigenvalue weighted by atomic mass is 10.1. The van der Waals surface area contributed by atoms with Crippen molar-refractivity contribution in [1.82, 2.24) is 10.6 Å². The molecule has 0 spiro atoms. The lowest BCUT2D eigenvalue weighted by Gasteiger charge is -2.12. The number of benzene rings is 1. The van der Waals surface area contributed by atoms with E-state index < -0.39 is 24.5 Å². The highest BCUT2D eigenvalue weighted by Crippen LogP contribution is 2.28. The number of fused-ring (bicyclic) bond motifs is 1. The van der Waals surface area contributed by atoms with Gasteiger partial charge in [0.1, 0.15) is 5.58 Å². The van der Waals surface area contributed by atoms with Crippen LogP contribution in [-0.4, -0.2) is 30.6 Å². The van der Waals surface area contributed by atoms with E-state index in [0.29, 0.717) is 11.1 Å². The average Bonchev–Trinajstić information content (AvgIpc) is 3.21. The number of carbonyl (C=O) groups excluding carboxylic acids is 3. The fraction of sp³-hybridized carbons (Fsp3) is 0.389. The van der Waals surface area contributed by atoms with Crippen molar-refractivity contribution in [1.29, 1.82) is 0 Å². The first-order chi connectivity index (χ1) is 12.4. The zero-order chi connectivity index (χ0) is 18.7. The molecule has 1 fully saturated rings. The van der Waals surface area contributed by atoms with Gasteiger partial charge in [-0.1, -0.05) is 28.8 Å². The predicted molar refractivity (Wildman–Crippen MR) is 97.9 cm³/mol. The molecule has 2 N–H and O–H groups in total. The third kappa shape index (κ3) is 4.24. The topological polar surface area (TPSA) is 97.6 Å². The molecule has 0 aliphatic heterocycles. The smallest absolute Gasteiger partial charge is 0.375 e. The number of amides is 3. The minimum atomic E-state index is -0.749. The fourth-order valence-electron chi connectivity index (χ4n) is 3.04. The van der Waals surface area contributed by atoms with Crippen LogP contribution in [0.3, 0.4) is 0 Å². The molecule has 1 aromatic carbocycles. The number of hydrogen-bond donors (Lipinski definition) is 2. The largest absolute Gasteiger partial charge is 0.450 e. The number of nitrogens with one attached hydrogen (secondary N) is 2. The maximum absolute atomic E-state index is 12.2. The first kappa shape index (κ1) is 18.4. The third-order valence-electron chi connectivity index (χ3n) is 4.36. The Morgan fingerprint density at radius 2 is 2.00 bits per heavy atom. The molecule has 3 amide bonds. The summed E-state index contributed by atoms with van der Waals surface area (Å²) in [6, 6.07) is 4.91. The zero-order valence-electron chi connectivity index (χ0n) is 14.3. The Hall–Kier alpha value is -2.35. The van der Waals surface area contributed by atoms with E-state index in [-0.39, 0.29) is 11.8 Å². The van der Waals surface area contributed by atoms with E-state index >= 15 is 0 Å². The monoisotopic (exact) mass is 422 g/mol. The van der Waals surface area contributed by atoms with E-state index in [4.69, 9.17) is 9.15 Å². The van der Waals surface area contributed by atoms with Crippen molar-refractivity contribution in [2.75, 3.05) is 6.61 Å². The van der Waals surface area contributed by atoms with Gasteiger partial charge < -0.3 is 14.5 Å². The van der Waals surface area contributed by atoms with Crippen molar-refractivity contribution < 1.29 is 23.5 Å². The number of ether oxygens (including phenoxy) is 1. The second kappa shape index (κ2) is 7.90. The Morgan fingerprint density at radius 3 is 2.73 bits per heavy atom. The summed E-state index contributed by atoms with van der Waals surface area (Å²) in [6.07, 6.45) is 3.98. The highest BCUT2D eigenvalue weighted by molar-refractivity contribution is 9.10. The van der Waals surface area contributed by atoms with E-state index in [1.165, 1.54) is 0 Å². The summed E-state index contributed by atoms with van der Waals surface area (Å²) in [7, 11) is 0. The average molecular weight is 423 g/mol. The van der Waals surface area contributed by atoms with Crippen LogP contribution < -0.4 is 10.6 Å². The fourth-order valence-corrected chi connectivity index (χ4v) is 3.40. The van der Waals surface area contributed by atoms with Gasteiger partial charge in [0.2, 0.25) is 5.76 Å².